The molecule has 14 heteroatoms. The van der Waals surface area contributed by atoms with Crippen LogP contribution in [-0.2, 0) is 43.0 Å². The normalized spacial score (nSPS) is 18.4. The van der Waals surface area contributed by atoms with E-state index in [1.165, 1.54) is 0 Å². The van der Waals surface area contributed by atoms with Crippen LogP contribution in [0.2, 0.25) is 0 Å². The van der Waals surface area contributed by atoms with Crippen molar-refractivity contribution in [2.75, 3.05) is 80.7 Å². The number of carbonyl (C=O) groups excluding carboxylic acids is 6. The Hall–Kier alpha value is -3.10. The van der Waals surface area contributed by atoms with Crippen molar-refractivity contribution in [1.82, 2.24) is 14.7 Å². The van der Waals surface area contributed by atoms with Crippen LogP contribution in [0, 0.1) is 10.8 Å². The highest BCUT2D eigenvalue weighted by atomic mass is 16.5. The number of aliphatic hydroxyl groups excluding tert-OH is 1. The minimum Gasteiger partial charge on any atom is -0.465 e. The van der Waals surface area contributed by atoms with E-state index in [1.54, 1.807) is 13.8 Å². The van der Waals surface area contributed by atoms with E-state index in [1.807, 2.05) is 49.8 Å². The maximum atomic E-state index is 14.1. The lowest BCUT2D eigenvalue weighted by molar-refractivity contribution is -0.893. The Morgan fingerprint density at radius 1 is 0.836 bits per heavy atom. The second-order valence-electron chi connectivity index (χ2n) is 17.8. The predicted octanol–water partition coefficient (Wildman–Crippen LogP) is 3.75. The number of esters is 3. The number of quaternary nitrogens is 1. The van der Waals surface area contributed by atoms with Gasteiger partial charge in [-0.3, -0.25) is 24.0 Å². The monoisotopic (exact) mass is 782 g/mol. The van der Waals surface area contributed by atoms with Crippen LogP contribution < -0.4 is 0 Å². The minimum atomic E-state index is -1.10. The second-order valence-corrected chi connectivity index (χ2v) is 17.8. The zero-order valence-corrected chi connectivity index (χ0v) is 35.5. The molecule has 0 aliphatic carbocycles. The summed E-state index contributed by atoms with van der Waals surface area (Å²) in [6, 6.07) is -0.135. The first-order chi connectivity index (χ1) is 25.7. The van der Waals surface area contributed by atoms with Crippen LogP contribution in [0.4, 0.5) is 0 Å². The smallest absolute Gasteiger partial charge is 0.374 e. The quantitative estimate of drug-likeness (QED) is 0.0473. The number of carbonyl (C=O) groups is 6. The maximum Gasteiger partial charge on any atom is 0.374 e. The molecule has 2 rings (SSSR count). The summed E-state index contributed by atoms with van der Waals surface area (Å²) in [6.45, 7) is 11.7. The number of rotatable bonds is 25. The molecule has 0 aromatic carbocycles. The highest BCUT2D eigenvalue weighted by Gasteiger charge is 2.47. The first-order valence-corrected chi connectivity index (χ1v) is 20.4. The molecule has 14 nitrogen and oxygen atoms in total. The molecular formula is C41H73N4O10+. The van der Waals surface area contributed by atoms with Gasteiger partial charge in [-0.15, -0.1) is 0 Å². The van der Waals surface area contributed by atoms with Gasteiger partial charge < -0.3 is 38.5 Å². The third-order valence-electron chi connectivity index (χ3n) is 10.9. The fraction of sp³-hybridized carbons (Fsp3) is 0.854. The largest absolute Gasteiger partial charge is 0.465 e. The fourth-order valence-electron chi connectivity index (χ4n) is 8.05. The average Bonchev–Trinajstić information content (AvgIpc) is 3.40. The van der Waals surface area contributed by atoms with Crippen LogP contribution in [0.25, 0.3) is 0 Å². The third-order valence-corrected chi connectivity index (χ3v) is 10.9. The molecule has 2 fully saturated rings. The molecule has 2 amide bonds. The van der Waals surface area contributed by atoms with Crippen molar-refractivity contribution in [1.29, 1.82) is 0 Å². The molecule has 0 aromatic heterocycles. The van der Waals surface area contributed by atoms with E-state index in [9.17, 15) is 33.9 Å². The fourth-order valence-corrected chi connectivity index (χ4v) is 8.05. The Morgan fingerprint density at radius 2 is 1.45 bits per heavy atom. The highest BCUT2D eigenvalue weighted by molar-refractivity contribution is 6.32. The molecule has 4 atom stereocenters. The second kappa shape index (κ2) is 22.6. The van der Waals surface area contributed by atoms with E-state index in [0.29, 0.717) is 56.1 Å². The SMILES string of the molecule is CC(=O)C(=O)OCC(O)C[N+](C)(C)CCCOC(=O)C(C)(C)CC(C)(CC(CCCC(C)N1CCCCCC1=O)N1CCCC1=O)C(=O)OCCCN(C)C. The van der Waals surface area contributed by atoms with E-state index in [0.717, 1.165) is 58.5 Å². The number of hydrogen-bond donors (Lipinski definition) is 1. The lowest BCUT2D eigenvalue weighted by atomic mass is 9.70. The average molecular weight is 782 g/mol. The lowest BCUT2D eigenvalue weighted by Crippen LogP contribution is -2.48. The summed E-state index contributed by atoms with van der Waals surface area (Å²) in [4.78, 5) is 82.1. The number of ether oxygens (including phenoxy) is 3. The van der Waals surface area contributed by atoms with Crippen molar-refractivity contribution in [3.63, 3.8) is 0 Å². The van der Waals surface area contributed by atoms with Gasteiger partial charge in [-0.1, -0.05) is 6.42 Å². The number of nitrogens with zero attached hydrogens (tertiary/aromatic N) is 4. The van der Waals surface area contributed by atoms with Gasteiger partial charge in [0.15, 0.2) is 0 Å². The van der Waals surface area contributed by atoms with E-state index >= 15 is 0 Å². The molecule has 55 heavy (non-hydrogen) atoms. The standard InChI is InChI=1S/C41H73N4O10/c1-31(43-22-12-10-11-19-35(43)48)17-13-18-33(44-23-14-20-36(44)49)27-41(5,39(52)54-25-15-21-42(6)7)30-40(3,4)38(51)53-26-16-24-45(8,9)28-34(47)29-55-37(50)32(2)46/h31,33-34,47H,10-30H2,1-9H3/q+1. The molecule has 2 saturated heterocycles. The molecule has 0 spiro atoms. The molecule has 0 aromatic rings. The Morgan fingerprint density at radius 3 is 2.09 bits per heavy atom. The molecule has 0 radical (unpaired) electrons. The topological polar surface area (TPSA) is 160 Å². The first-order valence-electron chi connectivity index (χ1n) is 20.4. The summed E-state index contributed by atoms with van der Waals surface area (Å²) in [5.74, 6) is -2.26. The number of amides is 2. The van der Waals surface area contributed by atoms with Gasteiger partial charge in [0.25, 0.3) is 0 Å². The molecule has 1 N–H and O–H groups in total. The van der Waals surface area contributed by atoms with Gasteiger partial charge in [0.2, 0.25) is 17.6 Å². The summed E-state index contributed by atoms with van der Waals surface area (Å²) in [5.41, 5.74) is -2.15. The number of ketones is 1. The summed E-state index contributed by atoms with van der Waals surface area (Å²) < 4.78 is 16.9. The van der Waals surface area contributed by atoms with Gasteiger partial charge >= 0.3 is 17.9 Å². The summed E-state index contributed by atoms with van der Waals surface area (Å²) in [5, 5.41) is 10.3. The van der Waals surface area contributed by atoms with Gasteiger partial charge in [0, 0.05) is 57.9 Å². The van der Waals surface area contributed by atoms with E-state index in [-0.39, 0.29) is 62.7 Å². The summed E-state index contributed by atoms with van der Waals surface area (Å²) >= 11 is 0. The maximum absolute atomic E-state index is 14.1. The van der Waals surface area contributed by atoms with E-state index < -0.39 is 34.7 Å². The van der Waals surface area contributed by atoms with Gasteiger partial charge in [-0.25, -0.2) is 4.79 Å². The van der Waals surface area contributed by atoms with Crippen molar-refractivity contribution in [2.24, 2.45) is 10.8 Å². The Labute approximate surface area is 330 Å². The van der Waals surface area contributed by atoms with Crippen LogP contribution in [0.15, 0.2) is 0 Å². The predicted molar refractivity (Wildman–Crippen MR) is 209 cm³/mol. The van der Waals surface area contributed by atoms with Crippen molar-refractivity contribution in [3.8, 4) is 0 Å². The van der Waals surface area contributed by atoms with Gasteiger partial charge in [-0.05, 0) is 99.6 Å². The number of hydrogen-bond acceptors (Lipinski definition) is 11. The van der Waals surface area contributed by atoms with Crippen LogP contribution in [0.3, 0.4) is 0 Å². The van der Waals surface area contributed by atoms with Crippen molar-refractivity contribution in [3.05, 3.63) is 0 Å². The van der Waals surface area contributed by atoms with E-state index in [2.05, 4.69) is 6.92 Å². The molecule has 2 aliphatic rings. The van der Waals surface area contributed by atoms with Crippen molar-refractivity contribution in [2.45, 2.75) is 136 Å². The minimum absolute atomic E-state index is 0.0760. The highest BCUT2D eigenvalue weighted by Crippen LogP contribution is 2.42. The van der Waals surface area contributed by atoms with Gasteiger partial charge in [-0.2, -0.15) is 0 Å². The van der Waals surface area contributed by atoms with Crippen LogP contribution in [0.1, 0.15) is 118 Å². The third kappa shape index (κ3) is 16.9. The molecule has 2 heterocycles. The van der Waals surface area contributed by atoms with Crippen molar-refractivity contribution < 1.29 is 52.6 Å². The zero-order valence-electron chi connectivity index (χ0n) is 35.5. The van der Waals surface area contributed by atoms with Crippen molar-refractivity contribution >= 4 is 35.5 Å². The Kier molecular flexibility index (Phi) is 19.7. The van der Waals surface area contributed by atoms with E-state index in [4.69, 9.17) is 14.2 Å². The molecule has 4 unspecified atom stereocenters. The molecule has 0 saturated carbocycles. The van der Waals surface area contributed by atoms with Crippen LogP contribution in [0.5, 0.6) is 0 Å². The molecule has 0 bridgehead atoms. The summed E-state index contributed by atoms with van der Waals surface area (Å²) in [7, 11) is 7.71. The number of likely N-dealkylation sites (N-methyl/N-ethyl adjacent to an activating group) is 1. The lowest BCUT2D eigenvalue weighted by Gasteiger charge is -2.39. The number of likely N-dealkylation sites (tertiary alicyclic amines) is 2. The number of Topliss-reactive ketones (excluding diaryl/α,β-unsaturated/α-hetero) is 1. The molecule has 2 aliphatic heterocycles. The number of aliphatic hydroxyl groups is 1. The van der Waals surface area contributed by atoms with Crippen LogP contribution >= 0.6 is 0 Å². The Bertz CT molecular complexity index is 1290. The first kappa shape index (κ1) is 48.0. The van der Waals surface area contributed by atoms with Gasteiger partial charge in [0.1, 0.15) is 19.3 Å². The summed E-state index contributed by atoms with van der Waals surface area (Å²) in [6.07, 6.45) is 7.80. The molecule has 316 valence electrons. The molecular weight excluding hydrogens is 708 g/mol. The van der Waals surface area contributed by atoms with Gasteiger partial charge in [0.05, 0.1) is 44.7 Å². The zero-order chi connectivity index (χ0) is 41.4. The Balaban J connectivity index is 2.14. The van der Waals surface area contributed by atoms with Crippen LogP contribution in [-0.4, -0.2) is 159 Å².